The molecule has 7 nitrogen and oxygen atoms in total. The summed E-state index contributed by atoms with van der Waals surface area (Å²) in [5.41, 5.74) is 0.412. The van der Waals surface area contributed by atoms with Crippen molar-refractivity contribution >= 4 is 29.3 Å². The molecule has 1 fully saturated rings. The Morgan fingerprint density at radius 1 is 1.10 bits per heavy atom. The third-order valence-corrected chi connectivity index (χ3v) is 4.93. The molecular weight excluding hydrogens is 375 g/mol. The second-order valence-corrected chi connectivity index (χ2v) is 6.86. The van der Waals surface area contributed by atoms with E-state index in [9.17, 15) is 18.8 Å². The lowest BCUT2D eigenvalue weighted by molar-refractivity contribution is -0.127. The van der Waals surface area contributed by atoms with Crippen LogP contribution in [0.4, 0.5) is 9.18 Å². The fraction of sp³-hybridized carbons (Fsp3) is 0.143. The zero-order chi connectivity index (χ0) is 20.4. The van der Waals surface area contributed by atoms with E-state index in [1.54, 1.807) is 36.5 Å². The Kier molecular flexibility index (Phi) is 4.67. The average Bonchev–Trinajstić information content (AvgIpc) is 3.02. The van der Waals surface area contributed by atoms with Gasteiger partial charge in [0.1, 0.15) is 5.82 Å². The number of urea groups is 1. The first-order valence-electron chi connectivity index (χ1n) is 8.93. The second kappa shape index (κ2) is 7.31. The molecule has 2 heterocycles. The van der Waals surface area contributed by atoms with Gasteiger partial charge >= 0.3 is 6.03 Å². The number of benzene rings is 2. The molecule has 1 aliphatic heterocycles. The number of carbonyl (C=O) groups excluding carboxylic acids is 3. The Morgan fingerprint density at radius 2 is 1.90 bits per heavy atom. The van der Waals surface area contributed by atoms with Crippen LogP contribution in [0.15, 0.2) is 60.8 Å². The van der Waals surface area contributed by atoms with E-state index in [4.69, 9.17) is 0 Å². The maximum atomic E-state index is 13.1. The molecule has 1 aromatic heterocycles. The quantitative estimate of drug-likeness (QED) is 0.496. The van der Waals surface area contributed by atoms with E-state index >= 15 is 0 Å². The molecule has 4 amide bonds. The van der Waals surface area contributed by atoms with Crippen LogP contribution in [0.1, 0.15) is 11.1 Å². The fourth-order valence-corrected chi connectivity index (χ4v) is 3.49. The van der Waals surface area contributed by atoms with Crippen LogP contribution in [-0.4, -0.2) is 34.8 Å². The lowest BCUT2D eigenvalue weighted by atomic mass is 9.88. The molecule has 8 heteroatoms. The number of hydrogen-bond acceptors (Lipinski definition) is 4. The smallest absolute Gasteiger partial charge is 0.322 e. The summed E-state index contributed by atoms with van der Waals surface area (Å²) >= 11 is 0. The molecule has 0 saturated carbocycles. The van der Waals surface area contributed by atoms with Crippen LogP contribution in [0.2, 0.25) is 0 Å². The summed E-state index contributed by atoms with van der Waals surface area (Å²) in [5.74, 6) is -0.933. The van der Waals surface area contributed by atoms with Gasteiger partial charge in [-0.2, -0.15) is 0 Å². The van der Waals surface area contributed by atoms with Gasteiger partial charge in [-0.05, 0) is 35.4 Å². The molecule has 3 aromatic rings. The highest BCUT2D eigenvalue weighted by atomic mass is 19.1. The van der Waals surface area contributed by atoms with E-state index in [1.807, 2.05) is 12.1 Å². The largest absolute Gasteiger partial charge is 0.338 e. The average molecular weight is 392 g/mol. The monoisotopic (exact) mass is 392 g/mol. The fourth-order valence-electron chi connectivity index (χ4n) is 3.49. The summed E-state index contributed by atoms with van der Waals surface area (Å²) < 4.78 is 13.1. The standard InChI is InChI=1S/C21H17FN4O3/c22-17-7-3-14(4-8-17)11-26(13-27)12-21(19(28)24-20(29)25-21)16-6-5-15-2-1-9-23-18(15)10-16/h1-10,13H,11-12H2,(H2,24,25,28,29). The zero-order valence-corrected chi connectivity index (χ0v) is 15.3. The number of imide groups is 1. The Morgan fingerprint density at radius 3 is 2.59 bits per heavy atom. The van der Waals surface area contributed by atoms with Crippen molar-refractivity contribution in [1.29, 1.82) is 0 Å². The van der Waals surface area contributed by atoms with E-state index in [1.165, 1.54) is 17.0 Å². The van der Waals surface area contributed by atoms with E-state index in [2.05, 4.69) is 15.6 Å². The van der Waals surface area contributed by atoms with Crippen LogP contribution in [0.5, 0.6) is 0 Å². The molecule has 1 atom stereocenters. The van der Waals surface area contributed by atoms with Crippen LogP contribution >= 0.6 is 0 Å². The number of hydrogen-bond donors (Lipinski definition) is 2. The van der Waals surface area contributed by atoms with Gasteiger partial charge in [-0.3, -0.25) is 19.9 Å². The molecule has 0 aliphatic carbocycles. The molecule has 0 radical (unpaired) electrons. The van der Waals surface area contributed by atoms with Gasteiger partial charge in [0, 0.05) is 18.1 Å². The van der Waals surface area contributed by atoms with Crippen molar-refractivity contribution in [2.24, 2.45) is 0 Å². The van der Waals surface area contributed by atoms with Crippen LogP contribution in [0.25, 0.3) is 10.9 Å². The van der Waals surface area contributed by atoms with Gasteiger partial charge in [0.05, 0.1) is 12.1 Å². The summed E-state index contributed by atoms with van der Waals surface area (Å²) in [6, 6.07) is 14.0. The third kappa shape index (κ3) is 3.52. The first-order valence-corrected chi connectivity index (χ1v) is 8.93. The molecule has 1 aliphatic rings. The number of nitrogens with zero attached hydrogens (tertiary/aromatic N) is 2. The number of halogens is 1. The molecule has 2 aromatic carbocycles. The highest BCUT2D eigenvalue weighted by Crippen LogP contribution is 2.29. The maximum absolute atomic E-state index is 13.1. The van der Waals surface area contributed by atoms with E-state index in [-0.39, 0.29) is 18.9 Å². The van der Waals surface area contributed by atoms with Gasteiger partial charge in [-0.15, -0.1) is 0 Å². The Labute approximate surface area is 165 Å². The van der Waals surface area contributed by atoms with Gasteiger partial charge in [-0.25, -0.2) is 9.18 Å². The number of carbonyl (C=O) groups is 3. The number of rotatable bonds is 6. The lowest BCUT2D eigenvalue weighted by Crippen LogP contribution is -2.52. The summed E-state index contributed by atoms with van der Waals surface area (Å²) in [6.45, 7) is 0.0598. The number of nitrogens with one attached hydrogen (secondary N) is 2. The van der Waals surface area contributed by atoms with Crippen LogP contribution in [0, 0.1) is 5.82 Å². The number of fused-ring (bicyclic) bond motifs is 1. The second-order valence-electron chi connectivity index (χ2n) is 6.86. The van der Waals surface area contributed by atoms with Gasteiger partial charge in [-0.1, -0.05) is 30.3 Å². The predicted molar refractivity (Wildman–Crippen MR) is 103 cm³/mol. The minimum Gasteiger partial charge on any atom is -0.338 e. The van der Waals surface area contributed by atoms with Crippen molar-refractivity contribution < 1.29 is 18.8 Å². The van der Waals surface area contributed by atoms with Crippen molar-refractivity contribution in [2.45, 2.75) is 12.1 Å². The summed E-state index contributed by atoms with van der Waals surface area (Å²) in [4.78, 5) is 42.1. The maximum Gasteiger partial charge on any atom is 0.322 e. The van der Waals surface area contributed by atoms with Gasteiger partial charge in [0.25, 0.3) is 5.91 Å². The third-order valence-electron chi connectivity index (χ3n) is 4.93. The van der Waals surface area contributed by atoms with Crippen LogP contribution in [-0.2, 0) is 21.7 Å². The number of amides is 4. The number of pyridine rings is 1. The van der Waals surface area contributed by atoms with Crippen molar-refractivity contribution in [3.63, 3.8) is 0 Å². The molecule has 1 unspecified atom stereocenters. The molecule has 2 N–H and O–H groups in total. The van der Waals surface area contributed by atoms with Crippen LogP contribution in [0.3, 0.4) is 0 Å². The summed E-state index contributed by atoms with van der Waals surface area (Å²) in [5, 5.41) is 5.81. The normalized spacial score (nSPS) is 18.4. The van der Waals surface area contributed by atoms with Gasteiger partial charge < -0.3 is 10.2 Å². The molecule has 1 saturated heterocycles. The summed E-state index contributed by atoms with van der Waals surface area (Å²) in [7, 11) is 0. The Bertz CT molecular complexity index is 1100. The van der Waals surface area contributed by atoms with Gasteiger partial charge in [0.2, 0.25) is 6.41 Å². The molecule has 0 spiro atoms. The first-order chi connectivity index (χ1) is 14.0. The van der Waals surface area contributed by atoms with Crippen molar-refractivity contribution in [3.05, 3.63) is 77.7 Å². The van der Waals surface area contributed by atoms with E-state index < -0.39 is 17.5 Å². The van der Waals surface area contributed by atoms with E-state index in [0.717, 1.165) is 5.39 Å². The summed E-state index contributed by atoms with van der Waals surface area (Å²) in [6.07, 6.45) is 2.24. The molecule has 29 heavy (non-hydrogen) atoms. The molecule has 146 valence electrons. The van der Waals surface area contributed by atoms with Gasteiger partial charge in [0.15, 0.2) is 5.54 Å². The SMILES string of the molecule is O=CN(Cc1ccc(F)cc1)CC1(c2ccc3cccnc3c2)NC(=O)NC1=O. The molecule has 0 bridgehead atoms. The topological polar surface area (TPSA) is 91.4 Å². The highest BCUT2D eigenvalue weighted by Gasteiger charge is 2.49. The van der Waals surface area contributed by atoms with Crippen LogP contribution < -0.4 is 10.6 Å². The Balaban J connectivity index is 1.70. The predicted octanol–water partition coefficient (Wildman–Crippen LogP) is 2.07. The zero-order valence-electron chi connectivity index (χ0n) is 15.3. The molecule has 4 rings (SSSR count). The van der Waals surface area contributed by atoms with Crippen molar-refractivity contribution in [1.82, 2.24) is 20.5 Å². The first kappa shape index (κ1) is 18.5. The van der Waals surface area contributed by atoms with E-state index in [0.29, 0.717) is 23.1 Å². The Hall–Kier alpha value is -3.81. The van der Waals surface area contributed by atoms with Crippen molar-refractivity contribution in [2.75, 3.05) is 6.54 Å². The lowest BCUT2D eigenvalue weighted by Gasteiger charge is -2.31. The minimum atomic E-state index is -1.45. The van der Waals surface area contributed by atoms with Crippen molar-refractivity contribution in [3.8, 4) is 0 Å². The number of aromatic nitrogens is 1. The molecular formula is C21H17FN4O3. The highest BCUT2D eigenvalue weighted by molar-refractivity contribution is 6.08. The minimum absolute atomic E-state index is 0.0935.